The third kappa shape index (κ3) is 2.26. The van der Waals surface area contributed by atoms with Crippen LogP contribution in [0.1, 0.15) is 18.5 Å². The van der Waals surface area contributed by atoms with E-state index in [1.807, 2.05) is 43.5 Å². The van der Waals surface area contributed by atoms with Crippen molar-refractivity contribution in [1.82, 2.24) is 29.3 Å². The van der Waals surface area contributed by atoms with Gasteiger partial charge < -0.3 is 0 Å². The summed E-state index contributed by atoms with van der Waals surface area (Å²) >= 11 is 0. The molecule has 4 rings (SSSR count). The Morgan fingerprint density at radius 3 is 2.67 bits per heavy atom. The fourth-order valence-corrected chi connectivity index (χ4v) is 2.75. The van der Waals surface area contributed by atoms with Crippen LogP contribution in [0.5, 0.6) is 0 Å². The molecule has 0 amide bonds. The van der Waals surface area contributed by atoms with Crippen LogP contribution in [-0.2, 0) is 0 Å². The van der Waals surface area contributed by atoms with Crippen molar-refractivity contribution < 1.29 is 0 Å². The first-order chi connectivity index (χ1) is 11.8. The molecule has 0 radical (unpaired) electrons. The SMILES string of the molecule is C[C@@H](c1ccccc1-n1cccn1)n1cnc2nccnc2c1=O. The number of benzene rings is 1. The summed E-state index contributed by atoms with van der Waals surface area (Å²) in [6.45, 7) is 1.95. The molecule has 0 saturated carbocycles. The second-order valence-electron chi connectivity index (χ2n) is 5.37. The third-order valence-electron chi connectivity index (χ3n) is 3.98. The summed E-state index contributed by atoms with van der Waals surface area (Å²) in [4.78, 5) is 25.2. The standard InChI is InChI=1S/C17H14N6O/c1-12(13-5-2-3-6-14(13)23-10-4-7-21-23)22-11-20-16-15(17(22)24)18-8-9-19-16/h2-12H,1H3/t12-/m0/s1. The molecule has 7 nitrogen and oxygen atoms in total. The molecule has 0 unspecified atom stereocenters. The monoisotopic (exact) mass is 318 g/mol. The second kappa shape index (κ2) is 5.69. The molecular formula is C17H14N6O. The molecule has 0 fully saturated rings. The smallest absolute Gasteiger partial charge is 0.282 e. The largest absolute Gasteiger partial charge is 0.290 e. The lowest BCUT2D eigenvalue weighted by Gasteiger charge is -2.18. The van der Waals surface area contributed by atoms with Gasteiger partial charge in [0, 0.05) is 30.4 Å². The molecule has 0 spiro atoms. The van der Waals surface area contributed by atoms with Crippen LogP contribution in [-0.4, -0.2) is 29.3 Å². The van der Waals surface area contributed by atoms with Gasteiger partial charge in [0.25, 0.3) is 5.56 Å². The fourth-order valence-electron chi connectivity index (χ4n) is 2.75. The summed E-state index contributed by atoms with van der Waals surface area (Å²) in [5.41, 5.74) is 2.29. The van der Waals surface area contributed by atoms with E-state index in [2.05, 4.69) is 20.1 Å². The Morgan fingerprint density at radius 1 is 1.00 bits per heavy atom. The lowest BCUT2D eigenvalue weighted by Crippen LogP contribution is -2.26. The van der Waals surface area contributed by atoms with Crippen LogP contribution in [0.15, 0.2) is 66.2 Å². The number of para-hydroxylation sites is 1. The summed E-state index contributed by atoms with van der Waals surface area (Å²) in [6.07, 6.45) is 8.14. The average molecular weight is 318 g/mol. The van der Waals surface area contributed by atoms with Crippen molar-refractivity contribution >= 4 is 11.2 Å². The van der Waals surface area contributed by atoms with Gasteiger partial charge in [-0.05, 0) is 19.1 Å². The van der Waals surface area contributed by atoms with Gasteiger partial charge in [0.05, 0.1) is 11.7 Å². The summed E-state index contributed by atoms with van der Waals surface area (Å²) in [5, 5.41) is 4.29. The van der Waals surface area contributed by atoms with E-state index in [9.17, 15) is 4.79 Å². The van der Waals surface area contributed by atoms with E-state index in [1.165, 1.54) is 18.7 Å². The average Bonchev–Trinajstić information content (AvgIpc) is 3.16. The molecule has 0 aliphatic rings. The van der Waals surface area contributed by atoms with Gasteiger partial charge in [0.2, 0.25) is 0 Å². The van der Waals surface area contributed by atoms with Gasteiger partial charge in [-0.3, -0.25) is 9.36 Å². The maximum Gasteiger partial charge on any atom is 0.282 e. The maximum atomic E-state index is 12.7. The van der Waals surface area contributed by atoms with E-state index in [-0.39, 0.29) is 17.1 Å². The zero-order chi connectivity index (χ0) is 16.5. The number of hydrogen-bond acceptors (Lipinski definition) is 5. The van der Waals surface area contributed by atoms with Gasteiger partial charge in [-0.1, -0.05) is 18.2 Å². The van der Waals surface area contributed by atoms with E-state index in [0.717, 1.165) is 11.3 Å². The van der Waals surface area contributed by atoms with Crippen molar-refractivity contribution in [2.45, 2.75) is 13.0 Å². The van der Waals surface area contributed by atoms with Gasteiger partial charge in [-0.15, -0.1) is 0 Å². The molecule has 0 N–H and O–H groups in total. The quantitative estimate of drug-likeness (QED) is 0.577. The van der Waals surface area contributed by atoms with E-state index in [1.54, 1.807) is 15.4 Å². The topological polar surface area (TPSA) is 78.5 Å². The van der Waals surface area contributed by atoms with Crippen LogP contribution in [0.4, 0.5) is 0 Å². The van der Waals surface area contributed by atoms with Gasteiger partial charge in [0.15, 0.2) is 11.2 Å². The Kier molecular flexibility index (Phi) is 3.38. The Balaban J connectivity index is 1.88. The summed E-state index contributed by atoms with van der Waals surface area (Å²) in [6, 6.07) is 9.48. The first-order valence-electron chi connectivity index (χ1n) is 7.52. The Labute approximate surface area is 137 Å². The minimum atomic E-state index is -0.225. The number of aromatic nitrogens is 6. The molecule has 0 saturated heterocycles. The molecule has 4 aromatic rings. The molecule has 24 heavy (non-hydrogen) atoms. The summed E-state index contributed by atoms with van der Waals surface area (Å²) < 4.78 is 3.35. The van der Waals surface area contributed by atoms with Crippen molar-refractivity contribution in [2.24, 2.45) is 0 Å². The molecule has 118 valence electrons. The van der Waals surface area contributed by atoms with Crippen molar-refractivity contribution in [3.63, 3.8) is 0 Å². The first-order valence-corrected chi connectivity index (χ1v) is 7.52. The van der Waals surface area contributed by atoms with Crippen LogP contribution in [0, 0.1) is 0 Å². The predicted molar refractivity (Wildman–Crippen MR) is 89.0 cm³/mol. The molecule has 1 aromatic carbocycles. The molecule has 0 aliphatic heterocycles. The van der Waals surface area contributed by atoms with Gasteiger partial charge in [-0.2, -0.15) is 5.10 Å². The maximum absolute atomic E-state index is 12.7. The molecule has 3 aromatic heterocycles. The molecule has 3 heterocycles. The van der Waals surface area contributed by atoms with E-state index in [4.69, 9.17) is 0 Å². The van der Waals surface area contributed by atoms with Crippen LogP contribution < -0.4 is 5.56 Å². The number of fused-ring (bicyclic) bond motifs is 1. The second-order valence-corrected chi connectivity index (χ2v) is 5.37. The summed E-state index contributed by atoms with van der Waals surface area (Å²) in [7, 11) is 0. The fraction of sp³-hybridized carbons (Fsp3) is 0.118. The highest BCUT2D eigenvalue weighted by molar-refractivity contribution is 5.67. The molecule has 7 heteroatoms. The zero-order valence-corrected chi connectivity index (χ0v) is 12.9. The van der Waals surface area contributed by atoms with Crippen LogP contribution in [0.3, 0.4) is 0 Å². The lowest BCUT2D eigenvalue weighted by atomic mass is 10.1. The molecular weight excluding hydrogens is 304 g/mol. The number of nitrogens with zero attached hydrogens (tertiary/aromatic N) is 6. The van der Waals surface area contributed by atoms with E-state index < -0.39 is 0 Å². The van der Waals surface area contributed by atoms with Crippen LogP contribution in [0.25, 0.3) is 16.9 Å². The molecule has 0 bridgehead atoms. The normalized spacial score (nSPS) is 12.4. The first kappa shape index (κ1) is 14.3. The minimum Gasteiger partial charge on any atom is -0.290 e. The van der Waals surface area contributed by atoms with Crippen molar-refractivity contribution in [3.05, 3.63) is 77.4 Å². The number of rotatable bonds is 3. The van der Waals surface area contributed by atoms with Gasteiger partial charge >= 0.3 is 0 Å². The Hall–Kier alpha value is -3.35. The highest BCUT2D eigenvalue weighted by atomic mass is 16.1. The minimum absolute atomic E-state index is 0.212. The molecule has 0 aliphatic carbocycles. The van der Waals surface area contributed by atoms with Crippen LogP contribution in [0.2, 0.25) is 0 Å². The van der Waals surface area contributed by atoms with Crippen molar-refractivity contribution in [3.8, 4) is 5.69 Å². The van der Waals surface area contributed by atoms with E-state index in [0.29, 0.717) is 5.65 Å². The third-order valence-corrected chi connectivity index (χ3v) is 3.98. The molecule has 1 atom stereocenters. The highest BCUT2D eigenvalue weighted by Gasteiger charge is 2.16. The van der Waals surface area contributed by atoms with Gasteiger partial charge in [0.1, 0.15) is 6.33 Å². The predicted octanol–water partition coefficient (Wildman–Crippen LogP) is 1.98. The highest BCUT2D eigenvalue weighted by Crippen LogP contribution is 2.23. The van der Waals surface area contributed by atoms with Crippen molar-refractivity contribution in [1.29, 1.82) is 0 Å². The Bertz CT molecular complexity index is 1050. The zero-order valence-electron chi connectivity index (χ0n) is 12.9. The van der Waals surface area contributed by atoms with Crippen LogP contribution >= 0.6 is 0 Å². The number of hydrogen-bond donors (Lipinski definition) is 0. The van der Waals surface area contributed by atoms with Gasteiger partial charge in [-0.25, -0.2) is 19.6 Å². The van der Waals surface area contributed by atoms with E-state index >= 15 is 0 Å². The Morgan fingerprint density at radius 2 is 1.83 bits per heavy atom. The van der Waals surface area contributed by atoms with Crippen molar-refractivity contribution in [2.75, 3.05) is 0 Å². The lowest BCUT2D eigenvalue weighted by molar-refractivity contribution is 0.601. The summed E-state index contributed by atoms with van der Waals surface area (Å²) in [5.74, 6) is 0.